The lowest BCUT2D eigenvalue weighted by molar-refractivity contribution is -0.121. The predicted molar refractivity (Wildman–Crippen MR) is 138 cm³/mol. The average molecular weight is 534 g/mol. The Kier molecular flexibility index (Phi) is 6.62. The summed E-state index contributed by atoms with van der Waals surface area (Å²) in [4.78, 5) is 25.2. The van der Waals surface area contributed by atoms with Crippen molar-refractivity contribution in [3.63, 3.8) is 0 Å². The van der Waals surface area contributed by atoms with Gasteiger partial charge in [-0.1, -0.05) is 23.4 Å². The van der Waals surface area contributed by atoms with Crippen LogP contribution >= 0.6 is 0 Å². The number of sulfonamides is 1. The molecule has 192 valence electrons. The Balaban J connectivity index is 1.64. The predicted octanol–water partition coefficient (Wildman–Crippen LogP) is 3.69. The van der Waals surface area contributed by atoms with E-state index in [9.17, 15) is 27.5 Å². The highest BCUT2D eigenvalue weighted by Crippen LogP contribution is 2.28. The van der Waals surface area contributed by atoms with Crippen molar-refractivity contribution in [1.82, 2.24) is 9.72 Å². The number of carbonyl (C=O) groups is 1. The minimum atomic E-state index is -3.99. The summed E-state index contributed by atoms with van der Waals surface area (Å²) in [5.41, 5.74) is 1.99. The van der Waals surface area contributed by atoms with E-state index < -0.39 is 33.8 Å². The van der Waals surface area contributed by atoms with E-state index in [1.54, 1.807) is 30.3 Å². The van der Waals surface area contributed by atoms with Crippen LogP contribution in [-0.2, 0) is 21.2 Å². The molecule has 11 heteroatoms. The fraction of sp³-hybridized carbons (Fsp3) is 0.0741. The number of halogens is 1. The second-order valence-electron chi connectivity index (χ2n) is 8.45. The molecule has 2 aromatic heterocycles. The Morgan fingerprint density at radius 3 is 2.55 bits per heavy atom. The standard InChI is InChI=1S/C27H20FN3O6S/c28-21-3-1-2-17(13-21)18-4-7-25(20(12-18)14-22(33)16-32)31-24-8-6-23(15-19(24)5-9-27(31)34)38(35,36)30-26-10-11-37-29-26/h1-13,15,32H,14,16H2,(H,29,30). The van der Waals surface area contributed by atoms with Crippen LogP contribution < -0.4 is 10.3 Å². The van der Waals surface area contributed by atoms with Crippen LogP contribution in [-0.4, -0.2) is 35.6 Å². The van der Waals surface area contributed by atoms with Crippen molar-refractivity contribution in [2.75, 3.05) is 11.3 Å². The molecular weight excluding hydrogens is 513 g/mol. The number of rotatable bonds is 8. The van der Waals surface area contributed by atoms with Gasteiger partial charge in [-0.2, -0.15) is 0 Å². The van der Waals surface area contributed by atoms with E-state index in [4.69, 9.17) is 0 Å². The van der Waals surface area contributed by atoms with Gasteiger partial charge in [-0.05, 0) is 65.2 Å². The highest BCUT2D eigenvalue weighted by Gasteiger charge is 2.19. The monoisotopic (exact) mass is 533 g/mol. The molecule has 0 amide bonds. The zero-order chi connectivity index (χ0) is 26.9. The van der Waals surface area contributed by atoms with Crippen LogP contribution in [0.2, 0.25) is 0 Å². The molecule has 0 bridgehead atoms. The molecular formula is C27H20FN3O6S. The summed E-state index contributed by atoms with van der Waals surface area (Å²) in [5.74, 6) is -0.872. The molecule has 0 unspecified atom stereocenters. The van der Waals surface area contributed by atoms with Gasteiger partial charge in [-0.3, -0.25) is 18.9 Å². The van der Waals surface area contributed by atoms with Crippen LogP contribution in [0.4, 0.5) is 10.2 Å². The second kappa shape index (κ2) is 10.0. The van der Waals surface area contributed by atoms with Gasteiger partial charge in [0.15, 0.2) is 11.6 Å². The Labute approximate surface area is 215 Å². The third-order valence-corrected chi connectivity index (χ3v) is 7.25. The smallest absolute Gasteiger partial charge is 0.263 e. The van der Waals surface area contributed by atoms with Crippen molar-refractivity contribution in [2.24, 2.45) is 0 Å². The van der Waals surface area contributed by atoms with Crippen molar-refractivity contribution in [3.8, 4) is 16.8 Å². The van der Waals surface area contributed by atoms with Crippen LogP contribution in [0.15, 0.2) is 99.3 Å². The van der Waals surface area contributed by atoms with Crippen LogP contribution in [0.5, 0.6) is 0 Å². The molecule has 0 aliphatic carbocycles. The molecule has 0 aliphatic rings. The third-order valence-electron chi connectivity index (χ3n) is 5.90. The van der Waals surface area contributed by atoms with Crippen LogP contribution in [0.3, 0.4) is 0 Å². The van der Waals surface area contributed by atoms with E-state index in [-0.39, 0.29) is 17.1 Å². The molecule has 0 atom stereocenters. The molecule has 2 heterocycles. The highest BCUT2D eigenvalue weighted by atomic mass is 32.2. The van der Waals surface area contributed by atoms with Gasteiger partial charge in [0.25, 0.3) is 15.6 Å². The first-order valence-corrected chi connectivity index (χ1v) is 12.8. The zero-order valence-electron chi connectivity index (χ0n) is 19.7. The van der Waals surface area contributed by atoms with Crippen LogP contribution in [0.25, 0.3) is 27.7 Å². The molecule has 0 radical (unpaired) electrons. The normalized spacial score (nSPS) is 11.5. The summed E-state index contributed by atoms with van der Waals surface area (Å²) in [6.45, 7) is -0.687. The maximum absolute atomic E-state index is 13.8. The number of fused-ring (bicyclic) bond motifs is 1. The van der Waals surface area contributed by atoms with Gasteiger partial charge < -0.3 is 9.63 Å². The van der Waals surface area contributed by atoms with Gasteiger partial charge in [0.2, 0.25) is 0 Å². The maximum atomic E-state index is 13.8. The van der Waals surface area contributed by atoms with Crippen molar-refractivity contribution >= 4 is 32.5 Å². The summed E-state index contributed by atoms with van der Waals surface area (Å²) in [6.07, 6.45) is 1.06. The van der Waals surface area contributed by atoms with Gasteiger partial charge in [0.05, 0.1) is 16.1 Å². The fourth-order valence-corrected chi connectivity index (χ4v) is 5.19. The van der Waals surface area contributed by atoms with Crippen LogP contribution in [0, 0.1) is 5.82 Å². The number of Topliss-reactive ketones (excluding diaryl/α,β-unsaturated/α-hetero) is 1. The van der Waals surface area contributed by atoms with Crippen molar-refractivity contribution in [2.45, 2.75) is 11.3 Å². The highest BCUT2D eigenvalue weighted by molar-refractivity contribution is 7.92. The van der Waals surface area contributed by atoms with Crippen molar-refractivity contribution in [3.05, 3.63) is 107 Å². The molecule has 5 aromatic rings. The fourth-order valence-electron chi connectivity index (χ4n) is 4.16. The number of nitrogens with zero attached hydrogens (tertiary/aromatic N) is 2. The molecule has 3 aromatic carbocycles. The maximum Gasteiger partial charge on any atom is 0.263 e. The number of hydrogen-bond acceptors (Lipinski definition) is 7. The quantitative estimate of drug-likeness (QED) is 0.311. The first-order valence-electron chi connectivity index (χ1n) is 11.4. The number of anilines is 1. The van der Waals surface area contributed by atoms with Gasteiger partial charge in [0.1, 0.15) is 18.7 Å². The van der Waals surface area contributed by atoms with E-state index in [0.717, 1.165) is 0 Å². The molecule has 0 fully saturated rings. The lowest BCUT2D eigenvalue weighted by Crippen LogP contribution is -2.20. The minimum Gasteiger partial charge on any atom is -0.389 e. The number of pyridine rings is 1. The number of aliphatic hydroxyl groups is 1. The number of aliphatic hydroxyl groups excluding tert-OH is 1. The number of benzene rings is 3. The molecule has 0 aliphatic heterocycles. The molecule has 0 spiro atoms. The Bertz CT molecular complexity index is 1830. The van der Waals surface area contributed by atoms with E-state index in [0.29, 0.717) is 33.3 Å². The third kappa shape index (κ3) is 4.97. The Morgan fingerprint density at radius 2 is 1.82 bits per heavy atom. The SMILES string of the molecule is O=C(CO)Cc1cc(-c2cccc(F)c2)ccc1-n1c(=O)ccc2cc(S(=O)(=O)Nc3ccon3)ccc21. The molecule has 0 saturated carbocycles. The van der Waals surface area contributed by atoms with E-state index in [2.05, 4.69) is 14.4 Å². The van der Waals surface area contributed by atoms with Gasteiger partial charge in [-0.15, -0.1) is 0 Å². The summed E-state index contributed by atoms with van der Waals surface area (Å²) in [5, 5.41) is 13.4. The van der Waals surface area contributed by atoms with E-state index in [1.165, 1.54) is 59.4 Å². The van der Waals surface area contributed by atoms with E-state index in [1.807, 2.05) is 0 Å². The number of carbonyl (C=O) groups excluding carboxylic acids is 1. The molecule has 2 N–H and O–H groups in total. The molecule has 5 rings (SSSR count). The topological polar surface area (TPSA) is 132 Å². The largest absolute Gasteiger partial charge is 0.389 e. The lowest BCUT2D eigenvalue weighted by atomic mass is 9.98. The Hall–Kier alpha value is -4.61. The Morgan fingerprint density at radius 1 is 1.00 bits per heavy atom. The number of hydrogen-bond donors (Lipinski definition) is 2. The number of nitrogens with one attached hydrogen (secondary N) is 1. The number of ketones is 1. The zero-order valence-corrected chi connectivity index (χ0v) is 20.5. The summed E-state index contributed by atoms with van der Waals surface area (Å²) in [6, 6.07) is 19.4. The minimum absolute atomic E-state index is 0.0200. The summed E-state index contributed by atoms with van der Waals surface area (Å²) < 4.78 is 47.8. The second-order valence-corrected chi connectivity index (χ2v) is 10.1. The number of aromatic nitrogens is 2. The van der Waals surface area contributed by atoms with Gasteiger partial charge in [-0.25, -0.2) is 12.8 Å². The molecule has 38 heavy (non-hydrogen) atoms. The van der Waals surface area contributed by atoms with Crippen molar-refractivity contribution in [1.29, 1.82) is 0 Å². The summed E-state index contributed by atoms with van der Waals surface area (Å²) in [7, 11) is -3.99. The van der Waals surface area contributed by atoms with Crippen LogP contribution in [0.1, 0.15) is 5.56 Å². The first-order chi connectivity index (χ1) is 18.2. The molecule has 9 nitrogen and oxygen atoms in total. The van der Waals surface area contributed by atoms with Gasteiger partial charge >= 0.3 is 0 Å². The lowest BCUT2D eigenvalue weighted by Gasteiger charge is -2.16. The van der Waals surface area contributed by atoms with Crippen molar-refractivity contribution < 1.29 is 27.2 Å². The average Bonchev–Trinajstić information content (AvgIpc) is 3.41. The van der Waals surface area contributed by atoms with Gasteiger partial charge in [0, 0.05) is 23.9 Å². The molecule has 0 saturated heterocycles. The van der Waals surface area contributed by atoms with E-state index >= 15 is 0 Å². The first kappa shape index (κ1) is 25.1. The summed E-state index contributed by atoms with van der Waals surface area (Å²) >= 11 is 0.